The number of aromatic nitrogens is 5. The van der Waals surface area contributed by atoms with Crippen LogP contribution < -0.4 is 15.4 Å². The highest BCUT2D eigenvalue weighted by molar-refractivity contribution is 9.10. The van der Waals surface area contributed by atoms with Crippen molar-refractivity contribution in [2.75, 3.05) is 36.0 Å². The van der Waals surface area contributed by atoms with Gasteiger partial charge in [-0.05, 0) is 49.3 Å². The Labute approximate surface area is 209 Å². The third-order valence-electron chi connectivity index (χ3n) is 7.66. The lowest BCUT2D eigenvalue weighted by Gasteiger charge is -2.35. The van der Waals surface area contributed by atoms with Crippen LogP contribution in [-0.4, -0.2) is 57.1 Å². The normalized spacial score (nSPS) is 20.9. The standard InChI is InChI=1S/C24H26BrF2N7O/c25-16-1-2-19(20(13-16)32-9-5-23(3-4-23)6-10-32)34-15-18(30-31-34)17-14-28-22(29-21(17)35)33-11-7-24(26,27)8-12-33/h1-2,13-15H,3-12H2,(H,28,29,35). The molecule has 0 radical (unpaired) electrons. The van der Waals surface area contributed by atoms with Gasteiger partial charge in [-0.15, -0.1) is 5.10 Å². The van der Waals surface area contributed by atoms with Crippen molar-refractivity contribution in [2.24, 2.45) is 5.41 Å². The van der Waals surface area contributed by atoms with E-state index >= 15 is 0 Å². The number of alkyl halides is 2. The second kappa shape index (κ2) is 8.39. The first-order chi connectivity index (χ1) is 16.8. The largest absolute Gasteiger partial charge is 0.370 e. The molecule has 0 atom stereocenters. The SMILES string of the molecule is O=c1[nH]c(N2CCC(F)(F)CC2)ncc1-c1cn(-c2ccc(Br)cc2N2CCC3(CC2)CC3)nn1. The molecule has 3 aromatic rings. The fourth-order valence-electron chi connectivity index (χ4n) is 5.12. The second-order valence-corrected chi connectivity index (χ2v) is 10.9. The van der Waals surface area contributed by atoms with E-state index < -0.39 is 5.92 Å². The predicted octanol–water partition coefficient (Wildman–Crippen LogP) is 4.40. The Bertz CT molecular complexity index is 1300. The van der Waals surface area contributed by atoms with E-state index in [0.717, 1.165) is 28.9 Å². The van der Waals surface area contributed by atoms with Crippen LogP contribution in [0.1, 0.15) is 38.5 Å². The molecule has 6 rings (SSSR count). The molecule has 1 N–H and O–H groups in total. The summed E-state index contributed by atoms with van der Waals surface area (Å²) in [5.74, 6) is -2.36. The average Bonchev–Trinajstić information content (AvgIpc) is 3.41. The summed E-state index contributed by atoms with van der Waals surface area (Å²) in [6.07, 6.45) is 7.80. The molecule has 35 heavy (non-hydrogen) atoms. The Hall–Kier alpha value is -2.82. The number of rotatable bonds is 4. The van der Waals surface area contributed by atoms with E-state index in [9.17, 15) is 13.6 Å². The van der Waals surface area contributed by atoms with Crippen molar-refractivity contribution in [3.63, 3.8) is 0 Å². The smallest absolute Gasteiger partial charge is 0.261 e. The fraction of sp³-hybridized carbons (Fsp3) is 0.500. The van der Waals surface area contributed by atoms with E-state index in [0.29, 0.717) is 17.1 Å². The molecule has 0 amide bonds. The lowest BCUT2D eigenvalue weighted by atomic mass is 9.93. The zero-order valence-electron chi connectivity index (χ0n) is 19.2. The van der Waals surface area contributed by atoms with Gasteiger partial charge in [-0.1, -0.05) is 21.1 Å². The molecule has 1 spiro atoms. The molecule has 3 fully saturated rings. The third-order valence-corrected chi connectivity index (χ3v) is 8.15. The Morgan fingerprint density at radius 3 is 2.34 bits per heavy atom. The van der Waals surface area contributed by atoms with Gasteiger partial charge in [0.2, 0.25) is 5.95 Å². The van der Waals surface area contributed by atoms with Crippen LogP contribution >= 0.6 is 15.9 Å². The number of hydrogen-bond donors (Lipinski definition) is 1. The average molecular weight is 546 g/mol. The number of nitrogens with zero attached hydrogens (tertiary/aromatic N) is 6. The molecule has 0 unspecified atom stereocenters. The Balaban J connectivity index is 1.25. The molecule has 4 heterocycles. The van der Waals surface area contributed by atoms with Crippen LogP contribution in [0.4, 0.5) is 20.4 Å². The van der Waals surface area contributed by atoms with Crippen molar-refractivity contribution in [2.45, 2.75) is 44.4 Å². The molecule has 3 aliphatic rings. The molecular weight excluding hydrogens is 520 g/mol. The summed E-state index contributed by atoms with van der Waals surface area (Å²) in [5.41, 5.74) is 2.87. The zero-order valence-corrected chi connectivity index (χ0v) is 20.8. The maximum atomic E-state index is 13.5. The van der Waals surface area contributed by atoms with Gasteiger partial charge in [0.05, 0.1) is 23.1 Å². The van der Waals surface area contributed by atoms with Gasteiger partial charge in [-0.2, -0.15) is 0 Å². The number of anilines is 2. The van der Waals surface area contributed by atoms with Crippen molar-refractivity contribution in [3.8, 4) is 16.9 Å². The monoisotopic (exact) mass is 545 g/mol. The van der Waals surface area contributed by atoms with Gasteiger partial charge in [-0.25, -0.2) is 18.4 Å². The van der Waals surface area contributed by atoms with E-state index in [1.807, 2.05) is 12.1 Å². The zero-order chi connectivity index (χ0) is 24.2. The van der Waals surface area contributed by atoms with Crippen molar-refractivity contribution >= 4 is 27.6 Å². The molecule has 8 nitrogen and oxygen atoms in total. The molecule has 2 aliphatic heterocycles. The number of nitrogens with one attached hydrogen (secondary N) is 1. The summed E-state index contributed by atoms with van der Waals surface area (Å²) in [5, 5.41) is 8.55. The maximum absolute atomic E-state index is 13.5. The van der Waals surface area contributed by atoms with Crippen LogP contribution in [-0.2, 0) is 0 Å². The highest BCUT2D eigenvalue weighted by Crippen LogP contribution is 2.54. The van der Waals surface area contributed by atoms with Crippen LogP contribution in [0.2, 0.25) is 0 Å². The maximum Gasteiger partial charge on any atom is 0.261 e. The van der Waals surface area contributed by atoms with Crippen molar-refractivity contribution in [3.05, 3.63) is 45.4 Å². The van der Waals surface area contributed by atoms with E-state index in [1.54, 1.807) is 15.8 Å². The first kappa shape index (κ1) is 22.6. The van der Waals surface area contributed by atoms with Crippen LogP contribution in [0.5, 0.6) is 0 Å². The summed E-state index contributed by atoms with van der Waals surface area (Å²) in [6, 6.07) is 6.07. The van der Waals surface area contributed by atoms with Gasteiger partial charge in [0.1, 0.15) is 5.69 Å². The molecule has 2 saturated heterocycles. The molecule has 184 valence electrons. The number of benzene rings is 1. The number of hydrogen-bond acceptors (Lipinski definition) is 6. The van der Waals surface area contributed by atoms with Gasteiger partial charge in [0, 0.05) is 49.7 Å². The molecule has 1 saturated carbocycles. The Morgan fingerprint density at radius 1 is 0.943 bits per heavy atom. The first-order valence-electron chi connectivity index (χ1n) is 12.0. The van der Waals surface area contributed by atoms with Gasteiger partial charge in [0.25, 0.3) is 11.5 Å². The molecule has 0 bridgehead atoms. The van der Waals surface area contributed by atoms with E-state index in [1.165, 1.54) is 31.9 Å². The minimum absolute atomic E-state index is 0.148. The highest BCUT2D eigenvalue weighted by Gasteiger charge is 2.44. The summed E-state index contributed by atoms with van der Waals surface area (Å²) in [7, 11) is 0. The minimum Gasteiger partial charge on any atom is -0.370 e. The van der Waals surface area contributed by atoms with Gasteiger partial charge >= 0.3 is 0 Å². The van der Waals surface area contributed by atoms with E-state index in [-0.39, 0.29) is 37.1 Å². The fourth-order valence-corrected chi connectivity index (χ4v) is 5.47. The predicted molar refractivity (Wildman–Crippen MR) is 132 cm³/mol. The third kappa shape index (κ3) is 4.46. The summed E-state index contributed by atoms with van der Waals surface area (Å²) in [6.45, 7) is 2.32. The van der Waals surface area contributed by atoms with Crippen LogP contribution in [0.25, 0.3) is 16.9 Å². The molecule has 2 aromatic heterocycles. The lowest BCUT2D eigenvalue weighted by Crippen LogP contribution is -2.40. The number of piperidine rings is 2. The Kier molecular flexibility index (Phi) is 5.43. The Morgan fingerprint density at radius 2 is 1.66 bits per heavy atom. The quantitative estimate of drug-likeness (QED) is 0.523. The number of H-pyrrole nitrogens is 1. The van der Waals surface area contributed by atoms with Crippen LogP contribution in [0.15, 0.2) is 39.9 Å². The molecular formula is C24H26BrF2N7O. The van der Waals surface area contributed by atoms with Crippen LogP contribution in [0, 0.1) is 5.41 Å². The molecule has 1 aromatic carbocycles. The van der Waals surface area contributed by atoms with Crippen LogP contribution in [0.3, 0.4) is 0 Å². The van der Waals surface area contributed by atoms with Gasteiger partial charge < -0.3 is 9.80 Å². The summed E-state index contributed by atoms with van der Waals surface area (Å²) in [4.78, 5) is 24.0. The topological polar surface area (TPSA) is 82.9 Å². The molecule has 11 heteroatoms. The summed E-state index contributed by atoms with van der Waals surface area (Å²) >= 11 is 3.60. The van der Waals surface area contributed by atoms with E-state index in [4.69, 9.17) is 0 Å². The number of aromatic amines is 1. The van der Waals surface area contributed by atoms with E-state index in [2.05, 4.69) is 47.2 Å². The second-order valence-electron chi connectivity index (χ2n) is 9.96. The van der Waals surface area contributed by atoms with Gasteiger partial charge in [-0.3, -0.25) is 9.78 Å². The lowest BCUT2D eigenvalue weighted by molar-refractivity contribution is -0.0222. The molecule has 1 aliphatic carbocycles. The highest BCUT2D eigenvalue weighted by atomic mass is 79.9. The van der Waals surface area contributed by atoms with Crippen molar-refractivity contribution in [1.29, 1.82) is 0 Å². The van der Waals surface area contributed by atoms with Gasteiger partial charge in [0.15, 0.2) is 0 Å². The minimum atomic E-state index is -2.66. The number of halogens is 3. The summed E-state index contributed by atoms with van der Waals surface area (Å²) < 4.78 is 29.6. The van der Waals surface area contributed by atoms with Crippen molar-refractivity contribution in [1.82, 2.24) is 25.0 Å². The first-order valence-corrected chi connectivity index (χ1v) is 12.8. The van der Waals surface area contributed by atoms with Crippen molar-refractivity contribution < 1.29 is 8.78 Å².